The maximum Gasteiger partial charge on any atom is 0.267 e. The van der Waals surface area contributed by atoms with Crippen molar-refractivity contribution in [2.24, 2.45) is 0 Å². The lowest BCUT2D eigenvalue weighted by Crippen LogP contribution is -2.52. The van der Waals surface area contributed by atoms with Crippen molar-refractivity contribution < 1.29 is 23.8 Å². The van der Waals surface area contributed by atoms with Crippen LogP contribution in [0.3, 0.4) is 0 Å². The molecule has 0 bridgehead atoms. The molecule has 124 valence electrons. The summed E-state index contributed by atoms with van der Waals surface area (Å²) in [4.78, 5) is 5.57. The molecule has 6 heteroatoms. The van der Waals surface area contributed by atoms with Gasteiger partial charge in [0, 0.05) is 59.0 Å². The minimum atomic E-state index is -0.236. The van der Waals surface area contributed by atoms with Gasteiger partial charge in [0.25, 0.3) is 6.29 Å². The summed E-state index contributed by atoms with van der Waals surface area (Å²) in [6.07, 6.45) is -0.301. The summed E-state index contributed by atoms with van der Waals surface area (Å²) in [5, 5.41) is 0. The number of aromatic nitrogens is 1. The Balaban J connectivity index is 0. The van der Waals surface area contributed by atoms with Gasteiger partial charge >= 0.3 is 0 Å². The van der Waals surface area contributed by atoms with Crippen molar-refractivity contribution in [3.05, 3.63) is 29.1 Å². The van der Waals surface area contributed by atoms with Gasteiger partial charge < -0.3 is 14.2 Å². The van der Waals surface area contributed by atoms with Crippen molar-refractivity contribution in [2.45, 2.75) is 47.2 Å². The number of aryl methyl sites for hydroxylation is 3. The summed E-state index contributed by atoms with van der Waals surface area (Å²) >= 11 is 0. The molecule has 0 aliphatic rings. The third-order valence-electron chi connectivity index (χ3n) is 2.76. The van der Waals surface area contributed by atoms with Crippen LogP contribution in [-0.4, -0.2) is 33.9 Å². The van der Waals surface area contributed by atoms with Gasteiger partial charge in [-0.2, -0.15) is 0 Å². The van der Waals surface area contributed by atoms with Gasteiger partial charge in [-0.15, -0.1) is 24.0 Å². The second-order valence-electron chi connectivity index (χ2n) is 4.56. The fraction of sp³-hybridized carbons (Fsp3) is 0.667. The van der Waals surface area contributed by atoms with Gasteiger partial charge in [-0.1, -0.05) is 0 Å². The molecule has 1 aromatic heterocycles. The maximum atomic E-state index is 5.57. The number of pyridine rings is 1. The van der Waals surface area contributed by atoms with Crippen LogP contribution in [0, 0.1) is 20.8 Å². The van der Waals surface area contributed by atoms with E-state index >= 15 is 0 Å². The van der Waals surface area contributed by atoms with Crippen LogP contribution in [0.25, 0.3) is 0 Å². The average molecular weight is 414 g/mol. The van der Waals surface area contributed by atoms with Gasteiger partial charge in [-0.25, -0.2) is 4.84 Å². The van der Waals surface area contributed by atoms with E-state index < -0.39 is 0 Å². The third kappa shape index (κ3) is 9.23. The molecule has 0 saturated heterocycles. The van der Waals surface area contributed by atoms with Crippen LogP contribution in [0.5, 0.6) is 0 Å². The molecule has 1 atom stereocenters. The van der Waals surface area contributed by atoms with Crippen LogP contribution in [0.1, 0.15) is 30.8 Å². The molecule has 0 spiro atoms. The van der Waals surface area contributed by atoms with E-state index in [9.17, 15) is 0 Å². The Kier molecular flexibility index (Phi) is 13.2. The first-order valence-corrected chi connectivity index (χ1v) is 6.61. The van der Waals surface area contributed by atoms with E-state index in [1.165, 1.54) is 5.56 Å². The number of ether oxygens (including phenoxy) is 3. The lowest BCUT2D eigenvalue weighted by atomic mass is 10.2. The Bertz CT molecular complexity index is 374. The molecule has 1 rings (SSSR count). The molecule has 0 N–H and O–H groups in total. The molecular formula is C15H29INO4+. The smallest absolute Gasteiger partial charge is 0.267 e. The highest BCUT2D eigenvalue weighted by atomic mass is 127. The highest BCUT2D eigenvalue weighted by molar-refractivity contribution is 14.0. The number of nitrogens with zero attached hydrogens (tertiary/aromatic N) is 1. The third-order valence-corrected chi connectivity index (χ3v) is 2.76. The maximum absolute atomic E-state index is 5.57. The molecule has 0 fully saturated rings. The normalized spacial score (nSPS) is 11.3. The Morgan fingerprint density at radius 3 is 1.48 bits per heavy atom. The molecule has 1 aromatic rings. The van der Waals surface area contributed by atoms with Crippen molar-refractivity contribution in [3.8, 4) is 0 Å². The van der Waals surface area contributed by atoms with Crippen molar-refractivity contribution in [1.82, 2.24) is 0 Å². The second kappa shape index (κ2) is 12.1. The molecule has 21 heavy (non-hydrogen) atoms. The molecule has 0 aliphatic heterocycles. The fourth-order valence-electron chi connectivity index (χ4n) is 1.55. The predicted octanol–water partition coefficient (Wildman–Crippen LogP) is 2.56. The summed E-state index contributed by atoms with van der Waals surface area (Å²) < 4.78 is 16.2. The summed E-state index contributed by atoms with van der Waals surface area (Å²) in [6, 6.07) is 4.16. The standard InChI is InChI=1S/C11H18NO2.C4H10O2.HI/c1-8-6-9(2)12(10(3)7-8)14-11(4)13-5;1-4(5-2)6-3;/h6-7,11H,1-5H3;4H,1-3H3;1H/q+1;;. The van der Waals surface area contributed by atoms with E-state index in [1.54, 1.807) is 26.1 Å². The molecule has 0 aliphatic carbocycles. The summed E-state index contributed by atoms with van der Waals surface area (Å²) in [5.74, 6) is 0. The van der Waals surface area contributed by atoms with Crippen molar-refractivity contribution in [1.29, 1.82) is 0 Å². The first-order valence-electron chi connectivity index (χ1n) is 6.61. The SMILES string of the molecule is COC(C)OC.COC(C)O[n+]1c(C)cc(C)cc1C.I. The van der Waals surface area contributed by atoms with Gasteiger partial charge in [0.2, 0.25) is 11.4 Å². The zero-order chi connectivity index (χ0) is 15.7. The Hall–Kier alpha value is -0.440. The van der Waals surface area contributed by atoms with Crippen LogP contribution >= 0.6 is 24.0 Å². The van der Waals surface area contributed by atoms with Crippen LogP contribution < -0.4 is 9.57 Å². The molecule has 1 unspecified atom stereocenters. The van der Waals surface area contributed by atoms with Gasteiger partial charge in [-0.3, -0.25) is 0 Å². The average Bonchev–Trinajstić information content (AvgIpc) is 2.42. The summed E-state index contributed by atoms with van der Waals surface area (Å²) in [7, 11) is 4.84. The molecule has 0 radical (unpaired) electrons. The minimum Gasteiger partial charge on any atom is -0.356 e. The van der Waals surface area contributed by atoms with Gasteiger partial charge in [0.05, 0.1) is 0 Å². The van der Waals surface area contributed by atoms with E-state index in [2.05, 4.69) is 28.5 Å². The fourth-order valence-corrected chi connectivity index (χ4v) is 1.55. The number of methoxy groups -OCH3 is 3. The van der Waals surface area contributed by atoms with Crippen LogP contribution in [0.4, 0.5) is 0 Å². The van der Waals surface area contributed by atoms with E-state index in [0.29, 0.717) is 0 Å². The molecule has 0 aromatic carbocycles. The van der Waals surface area contributed by atoms with Gasteiger partial charge in [0.15, 0.2) is 6.29 Å². The molecular weight excluding hydrogens is 385 g/mol. The highest BCUT2D eigenvalue weighted by Crippen LogP contribution is 2.01. The number of rotatable bonds is 5. The Morgan fingerprint density at radius 1 is 0.810 bits per heavy atom. The van der Waals surface area contributed by atoms with Gasteiger partial charge in [-0.05, 0) is 19.4 Å². The quantitative estimate of drug-likeness (QED) is 0.422. The molecule has 0 saturated carbocycles. The first-order chi connectivity index (χ1) is 9.35. The van der Waals surface area contributed by atoms with Crippen LogP contribution in [0.2, 0.25) is 0 Å². The summed E-state index contributed by atoms with van der Waals surface area (Å²) in [6.45, 7) is 9.81. The molecule has 0 amide bonds. The summed E-state index contributed by atoms with van der Waals surface area (Å²) in [5.41, 5.74) is 3.39. The predicted molar refractivity (Wildman–Crippen MR) is 92.8 cm³/mol. The lowest BCUT2D eigenvalue weighted by Gasteiger charge is -2.08. The van der Waals surface area contributed by atoms with Gasteiger partial charge in [0.1, 0.15) is 0 Å². The number of hydrogen-bond donors (Lipinski definition) is 0. The van der Waals surface area contributed by atoms with Crippen molar-refractivity contribution >= 4 is 24.0 Å². The largest absolute Gasteiger partial charge is 0.356 e. The van der Waals surface area contributed by atoms with E-state index in [1.807, 2.05) is 27.7 Å². The Labute approximate surface area is 145 Å². The zero-order valence-corrected chi connectivity index (χ0v) is 16.6. The minimum absolute atomic E-state index is 0. The zero-order valence-electron chi connectivity index (χ0n) is 14.3. The van der Waals surface area contributed by atoms with Crippen LogP contribution in [-0.2, 0) is 14.2 Å². The van der Waals surface area contributed by atoms with Crippen LogP contribution in [0.15, 0.2) is 12.1 Å². The van der Waals surface area contributed by atoms with Crippen molar-refractivity contribution in [3.63, 3.8) is 0 Å². The second-order valence-corrected chi connectivity index (χ2v) is 4.56. The number of halogens is 1. The Morgan fingerprint density at radius 2 is 1.19 bits per heavy atom. The number of hydrogen-bond acceptors (Lipinski definition) is 4. The van der Waals surface area contributed by atoms with Crippen molar-refractivity contribution in [2.75, 3.05) is 21.3 Å². The first kappa shape index (κ1) is 22.8. The van der Waals surface area contributed by atoms with E-state index in [0.717, 1.165) is 11.4 Å². The molecule has 1 heterocycles. The van der Waals surface area contributed by atoms with E-state index in [-0.39, 0.29) is 36.6 Å². The van der Waals surface area contributed by atoms with E-state index in [4.69, 9.17) is 9.57 Å². The monoisotopic (exact) mass is 414 g/mol. The lowest BCUT2D eigenvalue weighted by molar-refractivity contribution is -0.913. The topological polar surface area (TPSA) is 40.8 Å². The molecule has 5 nitrogen and oxygen atoms in total. The highest BCUT2D eigenvalue weighted by Gasteiger charge is 2.16.